The summed E-state index contributed by atoms with van der Waals surface area (Å²) in [5.41, 5.74) is 0.450. The molecule has 1 N–H and O–H groups in total. The van der Waals surface area contributed by atoms with Gasteiger partial charge in [-0.25, -0.2) is 4.79 Å². The fourth-order valence-electron chi connectivity index (χ4n) is 2.23. The van der Waals surface area contributed by atoms with E-state index in [1.807, 2.05) is 0 Å². The second-order valence-corrected chi connectivity index (χ2v) is 5.77. The van der Waals surface area contributed by atoms with Gasteiger partial charge in [0.05, 0.1) is 11.7 Å². The van der Waals surface area contributed by atoms with Crippen LogP contribution in [0.2, 0.25) is 0 Å². The van der Waals surface area contributed by atoms with Crippen molar-refractivity contribution in [1.29, 1.82) is 0 Å². The van der Waals surface area contributed by atoms with E-state index in [-0.39, 0.29) is 17.6 Å². The topological polar surface area (TPSA) is 66.8 Å². The van der Waals surface area contributed by atoms with Crippen LogP contribution in [0.15, 0.2) is 22.7 Å². The maximum absolute atomic E-state index is 12.3. The number of halogens is 1. The van der Waals surface area contributed by atoms with Crippen molar-refractivity contribution >= 4 is 27.8 Å². The van der Waals surface area contributed by atoms with Gasteiger partial charge in [0.25, 0.3) is 5.91 Å². The Balaban J connectivity index is 2.13. The highest BCUT2D eigenvalue weighted by molar-refractivity contribution is 9.10. The summed E-state index contributed by atoms with van der Waals surface area (Å²) in [5.74, 6) is -1.26. The van der Waals surface area contributed by atoms with Crippen LogP contribution in [-0.2, 0) is 4.74 Å². The summed E-state index contributed by atoms with van der Waals surface area (Å²) >= 11 is 3.23. The number of rotatable bonds is 4. The summed E-state index contributed by atoms with van der Waals surface area (Å²) in [4.78, 5) is 24.9. The fraction of sp³-hybridized carbons (Fsp3) is 0.429. The summed E-state index contributed by atoms with van der Waals surface area (Å²) < 4.78 is 6.07. The molecule has 1 aliphatic rings. The second kappa shape index (κ2) is 6.37. The van der Waals surface area contributed by atoms with Crippen LogP contribution in [0.5, 0.6) is 0 Å². The molecule has 1 heterocycles. The first-order valence-corrected chi connectivity index (χ1v) is 7.17. The molecule has 20 heavy (non-hydrogen) atoms. The Labute approximate surface area is 125 Å². The molecule has 2 rings (SSSR count). The summed E-state index contributed by atoms with van der Waals surface area (Å²) in [6.45, 7) is 1.26. The predicted molar refractivity (Wildman–Crippen MR) is 77.0 cm³/mol. The minimum atomic E-state index is -1.05. The lowest BCUT2D eigenvalue weighted by Crippen LogP contribution is -2.34. The molecular formula is C14H16BrNO4. The first kappa shape index (κ1) is 15.0. The number of amides is 1. The highest BCUT2D eigenvalue weighted by atomic mass is 79.9. The van der Waals surface area contributed by atoms with Crippen LogP contribution in [0.25, 0.3) is 0 Å². The van der Waals surface area contributed by atoms with Crippen LogP contribution < -0.4 is 0 Å². The lowest BCUT2D eigenvalue weighted by Gasteiger charge is -2.21. The minimum absolute atomic E-state index is 0.0787. The van der Waals surface area contributed by atoms with Gasteiger partial charge in [0, 0.05) is 30.2 Å². The van der Waals surface area contributed by atoms with Crippen molar-refractivity contribution in [1.82, 2.24) is 4.90 Å². The summed E-state index contributed by atoms with van der Waals surface area (Å²) in [7, 11) is 1.70. The number of carbonyl (C=O) groups excluding carboxylic acids is 1. The van der Waals surface area contributed by atoms with Crippen molar-refractivity contribution in [3.8, 4) is 0 Å². The molecule has 0 saturated carbocycles. The van der Waals surface area contributed by atoms with Crippen molar-refractivity contribution in [2.45, 2.75) is 18.9 Å². The molecule has 0 spiro atoms. The van der Waals surface area contributed by atoms with Crippen LogP contribution in [0.4, 0.5) is 0 Å². The summed E-state index contributed by atoms with van der Waals surface area (Å²) in [5, 5.41) is 9.02. The molecule has 6 heteroatoms. The standard InChI is InChI=1S/C14H16BrNO4/c1-16(8-12-3-2-4-20-12)13(17)9-5-10(14(18)19)7-11(15)6-9/h5-7,12H,2-4,8H2,1H3,(H,18,19). The SMILES string of the molecule is CN(CC1CCCO1)C(=O)c1cc(Br)cc(C(=O)O)c1. The number of hydrogen-bond acceptors (Lipinski definition) is 3. The predicted octanol–water partition coefficient (Wildman–Crippen LogP) is 2.40. The molecular weight excluding hydrogens is 326 g/mol. The van der Waals surface area contributed by atoms with E-state index in [4.69, 9.17) is 9.84 Å². The Morgan fingerprint density at radius 2 is 2.10 bits per heavy atom. The fourth-order valence-corrected chi connectivity index (χ4v) is 2.73. The Hall–Kier alpha value is -1.40. The maximum Gasteiger partial charge on any atom is 0.335 e. The van der Waals surface area contributed by atoms with E-state index in [1.165, 1.54) is 12.1 Å². The molecule has 1 aromatic carbocycles. The Morgan fingerprint density at radius 1 is 1.40 bits per heavy atom. The van der Waals surface area contributed by atoms with E-state index >= 15 is 0 Å². The van der Waals surface area contributed by atoms with Crippen LogP contribution in [0, 0.1) is 0 Å². The Morgan fingerprint density at radius 3 is 2.70 bits per heavy atom. The van der Waals surface area contributed by atoms with Gasteiger partial charge in [-0.1, -0.05) is 15.9 Å². The van der Waals surface area contributed by atoms with Gasteiger partial charge in [-0.15, -0.1) is 0 Å². The first-order chi connectivity index (χ1) is 9.47. The molecule has 108 valence electrons. The van der Waals surface area contributed by atoms with Crippen LogP contribution in [0.1, 0.15) is 33.6 Å². The summed E-state index contributed by atoms with van der Waals surface area (Å²) in [6.07, 6.45) is 2.05. The smallest absolute Gasteiger partial charge is 0.335 e. The van der Waals surface area contributed by atoms with E-state index in [0.717, 1.165) is 19.4 Å². The zero-order chi connectivity index (χ0) is 14.7. The van der Waals surface area contributed by atoms with Crippen molar-refractivity contribution in [3.05, 3.63) is 33.8 Å². The van der Waals surface area contributed by atoms with Crippen molar-refractivity contribution in [3.63, 3.8) is 0 Å². The number of carboxylic acids is 1. The lowest BCUT2D eigenvalue weighted by atomic mass is 10.1. The van der Waals surface area contributed by atoms with E-state index < -0.39 is 5.97 Å². The zero-order valence-electron chi connectivity index (χ0n) is 11.1. The zero-order valence-corrected chi connectivity index (χ0v) is 12.7. The molecule has 1 amide bonds. The van der Waals surface area contributed by atoms with Gasteiger partial charge in [0.1, 0.15) is 0 Å². The minimum Gasteiger partial charge on any atom is -0.478 e. The Kier molecular flexibility index (Phi) is 4.77. The maximum atomic E-state index is 12.3. The summed E-state index contributed by atoms with van der Waals surface area (Å²) in [6, 6.07) is 4.49. The van der Waals surface area contributed by atoms with Crippen molar-refractivity contribution in [2.24, 2.45) is 0 Å². The molecule has 0 radical (unpaired) electrons. The molecule has 1 unspecified atom stereocenters. The highest BCUT2D eigenvalue weighted by Gasteiger charge is 2.21. The quantitative estimate of drug-likeness (QED) is 0.913. The third-order valence-corrected chi connectivity index (χ3v) is 3.70. The van der Waals surface area contributed by atoms with Crippen LogP contribution >= 0.6 is 15.9 Å². The normalized spacial score (nSPS) is 18.0. The largest absolute Gasteiger partial charge is 0.478 e. The molecule has 0 bridgehead atoms. The van der Waals surface area contributed by atoms with Gasteiger partial charge in [-0.2, -0.15) is 0 Å². The van der Waals surface area contributed by atoms with Gasteiger partial charge in [0.15, 0.2) is 0 Å². The molecule has 1 fully saturated rings. The number of hydrogen-bond donors (Lipinski definition) is 1. The Bertz CT molecular complexity index is 526. The van der Waals surface area contributed by atoms with Crippen molar-refractivity contribution in [2.75, 3.05) is 20.2 Å². The molecule has 5 nitrogen and oxygen atoms in total. The van der Waals surface area contributed by atoms with E-state index in [9.17, 15) is 9.59 Å². The van der Waals surface area contributed by atoms with Gasteiger partial charge in [-0.3, -0.25) is 4.79 Å². The van der Waals surface area contributed by atoms with E-state index in [2.05, 4.69) is 15.9 Å². The van der Waals surface area contributed by atoms with E-state index in [1.54, 1.807) is 18.0 Å². The molecule has 1 atom stereocenters. The van der Waals surface area contributed by atoms with Crippen LogP contribution in [0.3, 0.4) is 0 Å². The third-order valence-electron chi connectivity index (χ3n) is 3.24. The second-order valence-electron chi connectivity index (χ2n) is 4.85. The highest BCUT2D eigenvalue weighted by Crippen LogP contribution is 2.19. The molecule has 1 aliphatic heterocycles. The number of likely N-dealkylation sites (N-methyl/N-ethyl adjacent to an activating group) is 1. The number of benzene rings is 1. The third kappa shape index (κ3) is 3.58. The van der Waals surface area contributed by atoms with Gasteiger partial charge in [0.2, 0.25) is 0 Å². The van der Waals surface area contributed by atoms with Gasteiger partial charge in [-0.05, 0) is 31.0 Å². The average Bonchev–Trinajstić information content (AvgIpc) is 2.89. The number of ether oxygens (including phenoxy) is 1. The van der Waals surface area contributed by atoms with Gasteiger partial charge < -0.3 is 14.7 Å². The number of nitrogens with zero attached hydrogens (tertiary/aromatic N) is 1. The molecule has 1 saturated heterocycles. The monoisotopic (exact) mass is 341 g/mol. The van der Waals surface area contributed by atoms with Crippen LogP contribution in [-0.4, -0.2) is 48.2 Å². The number of carboxylic acid groups (broad SMARTS) is 1. The average molecular weight is 342 g/mol. The van der Waals surface area contributed by atoms with E-state index in [0.29, 0.717) is 16.6 Å². The van der Waals surface area contributed by atoms with Crippen molar-refractivity contribution < 1.29 is 19.4 Å². The van der Waals surface area contributed by atoms with Gasteiger partial charge >= 0.3 is 5.97 Å². The number of carbonyl (C=O) groups is 2. The molecule has 0 aliphatic carbocycles. The molecule has 1 aromatic rings. The lowest BCUT2D eigenvalue weighted by molar-refractivity contribution is 0.0587. The molecule has 0 aromatic heterocycles. The first-order valence-electron chi connectivity index (χ1n) is 6.38. The number of aromatic carboxylic acids is 1.